The zero-order valence-corrected chi connectivity index (χ0v) is 16.0. The maximum absolute atomic E-state index is 13.7. The maximum Gasteiger partial charge on any atom is 0.242 e. The average Bonchev–Trinajstić information content (AvgIpc) is 2.88. The Morgan fingerprint density at radius 1 is 1.19 bits per heavy atom. The quantitative estimate of drug-likeness (QED) is 0.805. The Bertz CT molecular complexity index is 1110. The molecule has 0 bridgehead atoms. The highest BCUT2D eigenvalue weighted by Gasteiger charge is 2.37. The minimum absolute atomic E-state index is 0.0330. The van der Waals surface area contributed by atoms with Crippen molar-refractivity contribution in [2.75, 3.05) is 10.1 Å². The Hall–Kier alpha value is -2.30. The zero-order valence-electron chi connectivity index (χ0n) is 14.3. The molecule has 1 N–H and O–H groups in total. The lowest BCUT2D eigenvalue weighted by Crippen LogP contribution is -2.30. The summed E-state index contributed by atoms with van der Waals surface area (Å²) in [5.41, 5.74) is 0.505. The van der Waals surface area contributed by atoms with Crippen LogP contribution in [0.5, 0.6) is 0 Å². The fourth-order valence-electron chi connectivity index (χ4n) is 2.77. The maximum atomic E-state index is 13.7. The predicted molar refractivity (Wildman–Crippen MR) is 97.5 cm³/mol. The second kappa shape index (κ2) is 7.02. The third-order valence-corrected chi connectivity index (χ3v) is 7.42. The Morgan fingerprint density at radius 3 is 2.52 bits per heavy atom. The lowest BCUT2D eigenvalue weighted by molar-refractivity contribution is -0.116. The summed E-state index contributed by atoms with van der Waals surface area (Å²) in [6.07, 6.45) is -0.149. The largest absolute Gasteiger partial charge is 0.273 e. The van der Waals surface area contributed by atoms with Crippen LogP contribution < -0.4 is 9.03 Å². The molecule has 2 aromatic rings. The van der Waals surface area contributed by atoms with Crippen molar-refractivity contribution in [2.24, 2.45) is 0 Å². The van der Waals surface area contributed by atoms with Crippen molar-refractivity contribution < 1.29 is 26.0 Å². The Morgan fingerprint density at radius 2 is 1.89 bits per heavy atom. The van der Waals surface area contributed by atoms with Gasteiger partial charge in [0.1, 0.15) is 5.82 Å². The number of anilines is 1. The summed E-state index contributed by atoms with van der Waals surface area (Å²) in [5, 5.41) is 0. The van der Waals surface area contributed by atoms with E-state index in [1.807, 2.05) is 0 Å². The van der Waals surface area contributed by atoms with Crippen LogP contribution in [0.2, 0.25) is 0 Å². The van der Waals surface area contributed by atoms with Gasteiger partial charge in [-0.05, 0) is 30.7 Å². The number of rotatable bonds is 5. The van der Waals surface area contributed by atoms with Gasteiger partial charge in [-0.2, -0.15) is 0 Å². The molecule has 1 aliphatic heterocycles. The van der Waals surface area contributed by atoms with Crippen LogP contribution in [-0.2, 0) is 31.4 Å². The van der Waals surface area contributed by atoms with E-state index >= 15 is 0 Å². The second-order valence-corrected chi connectivity index (χ2v) is 9.76. The highest BCUT2D eigenvalue weighted by Crippen LogP contribution is 2.29. The molecule has 0 atom stereocenters. The van der Waals surface area contributed by atoms with Crippen molar-refractivity contribution in [3.8, 4) is 0 Å². The SMILES string of the molecule is Cc1ccc(N2C(=O)CCS2(=O)=O)cc1S(=O)(=O)NCc1ccccc1F. The van der Waals surface area contributed by atoms with E-state index in [0.29, 0.717) is 9.87 Å². The van der Waals surface area contributed by atoms with Crippen LogP contribution in [0.25, 0.3) is 0 Å². The number of sulfonamides is 2. The number of carbonyl (C=O) groups is 1. The minimum Gasteiger partial charge on any atom is -0.273 e. The van der Waals surface area contributed by atoms with Crippen molar-refractivity contribution in [1.82, 2.24) is 4.72 Å². The molecular formula is C17H17FN2O5S2. The van der Waals surface area contributed by atoms with Crippen molar-refractivity contribution >= 4 is 31.6 Å². The number of benzene rings is 2. The van der Waals surface area contributed by atoms with E-state index in [4.69, 9.17) is 0 Å². The zero-order chi connectivity index (χ0) is 19.8. The molecule has 1 heterocycles. The van der Waals surface area contributed by atoms with Crippen molar-refractivity contribution in [1.29, 1.82) is 0 Å². The molecule has 2 aromatic carbocycles. The number of hydrogen-bond acceptors (Lipinski definition) is 5. The molecule has 144 valence electrons. The van der Waals surface area contributed by atoms with Gasteiger partial charge in [0.25, 0.3) is 0 Å². The number of nitrogens with one attached hydrogen (secondary N) is 1. The number of carbonyl (C=O) groups excluding carboxylic acids is 1. The second-order valence-electron chi connectivity index (χ2n) is 6.09. The molecular weight excluding hydrogens is 395 g/mol. The molecule has 0 aromatic heterocycles. The summed E-state index contributed by atoms with van der Waals surface area (Å²) < 4.78 is 66.1. The smallest absolute Gasteiger partial charge is 0.242 e. The molecule has 1 saturated heterocycles. The van der Waals surface area contributed by atoms with Gasteiger partial charge in [0.05, 0.1) is 16.3 Å². The fourth-order valence-corrected chi connectivity index (χ4v) is 5.49. The lowest BCUT2D eigenvalue weighted by Gasteiger charge is -2.17. The van der Waals surface area contributed by atoms with E-state index in [9.17, 15) is 26.0 Å². The first-order chi connectivity index (χ1) is 12.6. The molecule has 10 heteroatoms. The van der Waals surface area contributed by atoms with Crippen LogP contribution in [0.4, 0.5) is 10.1 Å². The van der Waals surface area contributed by atoms with Gasteiger partial charge in [0, 0.05) is 18.5 Å². The van der Waals surface area contributed by atoms with E-state index in [2.05, 4.69) is 4.72 Å². The lowest BCUT2D eigenvalue weighted by atomic mass is 10.2. The number of halogens is 1. The third-order valence-electron chi connectivity index (χ3n) is 4.18. The van der Waals surface area contributed by atoms with E-state index in [-0.39, 0.29) is 34.9 Å². The van der Waals surface area contributed by atoms with Crippen LogP contribution in [0.3, 0.4) is 0 Å². The van der Waals surface area contributed by atoms with E-state index in [1.54, 1.807) is 13.0 Å². The first-order valence-electron chi connectivity index (χ1n) is 8.01. The van der Waals surface area contributed by atoms with Gasteiger partial charge >= 0.3 is 0 Å². The van der Waals surface area contributed by atoms with Gasteiger partial charge < -0.3 is 0 Å². The fraction of sp³-hybridized carbons (Fsp3) is 0.235. The molecule has 1 aliphatic rings. The Kier molecular flexibility index (Phi) is 5.06. The van der Waals surface area contributed by atoms with Crippen LogP contribution in [-0.4, -0.2) is 28.5 Å². The van der Waals surface area contributed by atoms with E-state index in [0.717, 1.165) is 6.07 Å². The van der Waals surface area contributed by atoms with Crippen LogP contribution in [0.1, 0.15) is 17.5 Å². The van der Waals surface area contributed by atoms with Gasteiger partial charge in [-0.3, -0.25) is 4.79 Å². The summed E-state index contributed by atoms with van der Waals surface area (Å²) >= 11 is 0. The highest BCUT2D eigenvalue weighted by molar-refractivity contribution is 7.94. The highest BCUT2D eigenvalue weighted by atomic mass is 32.2. The first-order valence-corrected chi connectivity index (χ1v) is 11.1. The molecule has 0 spiro atoms. The monoisotopic (exact) mass is 412 g/mol. The van der Waals surface area contributed by atoms with Crippen LogP contribution in [0, 0.1) is 12.7 Å². The summed E-state index contributed by atoms with van der Waals surface area (Å²) in [6.45, 7) is 1.28. The first kappa shape index (κ1) is 19.5. The molecule has 0 radical (unpaired) electrons. The number of nitrogens with zero attached hydrogens (tertiary/aromatic N) is 1. The topological polar surface area (TPSA) is 101 Å². The van der Waals surface area contributed by atoms with Gasteiger partial charge in [0.2, 0.25) is 26.0 Å². The van der Waals surface area contributed by atoms with Crippen molar-refractivity contribution in [3.63, 3.8) is 0 Å². The van der Waals surface area contributed by atoms with Crippen LogP contribution >= 0.6 is 0 Å². The minimum atomic E-state index is -4.06. The van der Waals surface area contributed by atoms with Crippen molar-refractivity contribution in [3.05, 3.63) is 59.4 Å². The molecule has 0 unspecified atom stereocenters. The normalized spacial score (nSPS) is 16.7. The number of hydrogen-bond donors (Lipinski definition) is 1. The van der Waals surface area contributed by atoms with Gasteiger partial charge in [-0.1, -0.05) is 24.3 Å². The van der Waals surface area contributed by atoms with Crippen LogP contribution in [0.15, 0.2) is 47.4 Å². The summed E-state index contributed by atoms with van der Waals surface area (Å²) in [7, 11) is -7.87. The van der Waals surface area contributed by atoms with Crippen molar-refractivity contribution in [2.45, 2.75) is 24.8 Å². The summed E-state index contributed by atoms with van der Waals surface area (Å²) in [5.74, 6) is -1.46. The molecule has 3 rings (SSSR count). The molecule has 1 amide bonds. The molecule has 7 nitrogen and oxygen atoms in total. The third kappa shape index (κ3) is 3.87. The molecule has 27 heavy (non-hydrogen) atoms. The number of amides is 1. The van der Waals surface area contributed by atoms with Gasteiger partial charge in [-0.15, -0.1) is 0 Å². The Labute approximate surface area is 156 Å². The van der Waals surface area contributed by atoms with E-state index < -0.39 is 31.8 Å². The molecule has 0 aliphatic carbocycles. The molecule has 1 fully saturated rings. The molecule has 0 saturated carbocycles. The standard InChI is InChI=1S/C17H17FN2O5S2/c1-12-6-7-14(20-17(21)8-9-26(20,22)23)10-16(12)27(24,25)19-11-13-4-2-3-5-15(13)18/h2-7,10,19H,8-9,11H2,1H3. The van der Waals surface area contributed by atoms with E-state index in [1.165, 1.54) is 30.3 Å². The average molecular weight is 412 g/mol. The predicted octanol–water partition coefficient (Wildman–Crippen LogP) is 1.68. The Balaban J connectivity index is 1.94. The van der Waals surface area contributed by atoms with Gasteiger partial charge in [-0.25, -0.2) is 30.3 Å². The van der Waals surface area contributed by atoms with Gasteiger partial charge in [0.15, 0.2) is 0 Å². The summed E-state index contributed by atoms with van der Waals surface area (Å²) in [4.78, 5) is 11.7. The summed E-state index contributed by atoms with van der Waals surface area (Å²) in [6, 6.07) is 9.70. The number of aryl methyl sites for hydroxylation is 1.